The maximum atomic E-state index is 12.3. The normalized spacial score (nSPS) is 11.3. The van der Waals surface area contributed by atoms with Crippen LogP contribution in [0.3, 0.4) is 0 Å². The predicted molar refractivity (Wildman–Crippen MR) is 106 cm³/mol. The van der Waals surface area contributed by atoms with Crippen molar-refractivity contribution in [3.8, 4) is 17.2 Å². The predicted octanol–water partition coefficient (Wildman–Crippen LogP) is 2.94. The van der Waals surface area contributed by atoms with E-state index < -0.39 is 17.9 Å². The summed E-state index contributed by atoms with van der Waals surface area (Å²) in [4.78, 5) is 24.6. The Morgan fingerprint density at radius 1 is 1.04 bits per heavy atom. The molecule has 0 aromatic heterocycles. The first-order valence-electron chi connectivity index (χ1n) is 9.01. The molecule has 0 aliphatic heterocycles. The van der Waals surface area contributed by atoms with Crippen LogP contribution in [-0.2, 0) is 4.79 Å². The maximum absolute atomic E-state index is 12.3. The molecule has 150 valence electrons. The molecule has 0 aliphatic rings. The molecule has 2 aromatic carbocycles. The first kappa shape index (κ1) is 21.1. The molecule has 0 saturated carbocycles. The number of rotatable bonds is 7. The molecule has 1 unspecified atom stereocenters. The van der Waals surface area contributed by atoms with Crippen molar-refractivity contribution in [2.45, 2.75) is 33.8 Å². The summed E-state index contributed by atoms with van der Waals surface area (Å²) in [7, 11) is 1.52. The Hall–Kier alpha value is -3.22. The van der Waals surface area contributed by atoms with E-state index in [0.29, 0.717) is 29.4 Å². The Morgan fingerprint density at radius 3 is 2.46 bits per heavy atom. The van der Waals surface area contributed by atoms with E-state index in [1.165, 1.54) is 7.11 Å². The van der Waals surface area contributed by atoms with Crippen LogP contribution in [0.25, 0.3) is 0 Å². The lowest BCUT2D eigenvalue weighted by molar-refractivity contribution is -0.128. The molecule has 28 heavy (non-hydrogen) atoms. The molecule has 7 heteroatoms. The van der Waals surface area contributed by atoms with Gasteiger partial charge in [0.05, 0.1) is 13.7 Å². The van der Waals surface area contributed by atoms with Crippen LogP contribution in [0.4, 0.5) is 0 Å². The van der Waals surface area contributed by atoms with Gasteiger partial charge in [0.1, 0.15) is 5.75 Å². The summed E-state index contributed by atoms with van der Waals surface area (Å²) in [5.74, 6) is 0.669. The quantitative estimate of drug-likeness (QED) is 0.715. The Morgan fingerprint density at radius 2 is 1.79 bits per heavy atom. The second kappa shape index (κ2) is 9.64. The van der Waals surface area contributed by atoms with Crippen molar-refractivity contribution in [1.82, 2.24) is 10.9 Å². The van der Waals surface area contributed by atoms with Crippen LogP contribution in [-0.4, -0.2) is 31.6 Å². The molecule has 2 amide bonds. The molecule has 2 aromatic rings. The summed E-state index contributed by atoms with van der Waals surface area (Å²) in [6.45, 7) is 7.79. The number of carbonyl (C=O) groups excluding carboxylic acids is 2. The summed E-state index contributed by atoms with van der Waals surface area (Å²) in [5.41, 5.74) is 7.13. The van der Waals surface area contributed by atoms with Gasteiger partial charge >= 0.3 is 0 Å². The van der Waals surface area contributed by atoms with Gasteiger partial charge in [-0.1, -0.05) is 12.1 Å². The van der Waals surface area contributed by atoms with Crippen LogP contribution in [0, 0.1) is 13.8 Å². The van der Waals surface area contributed by atoms with Gasteiger partial charge in [-0.15, -0.1) is 0 Å². The van der Waals surface area contributed by atoms with Gasteiger partial charge in [-0.3, -0.25) is 20.4 Å². The van der Waals surface area contributed by atoms with Crippen LogP contribution in [0.2, 0.25) is 0 Å². The maximum Gasteiger partial charge on any atom is 0.279 e. The topological polar surface area (TPSA) is 85.9 Å². The standard InChI is InChI=1S/C21H26N2O5/c1-6-27-19-12-16(10-11-18(19)26-5)21(25)23-22-20(24)15(4)28-17-9-7-8-13(2)14(17)3/h7-12,15H,6H2,1-5H3,(H,22,24)(H,23,25). The van der Waals surface area contributed by atoms with Crippen molar-refractivity contribution in [1.29, 1.82) is 0 Å². The molecule has 2 N–H and O–H groups in total. The highest BCUT2D eigenvalue weighted by atomic mass is 16.5. The summed E-state index contributed by atoms with van der Waals surface area (Å²) in [6.07, 6.45) is -0.782. The second-order valence-corrected chi connectivity index (χ2v) is 6.20. The molecular formula is C21H26N2O5. The van der Waals surface area contributed by atoms with E-state index >= 15 is 0 Å². The Kier molecular flexibility index (Phi) is 7.26. The molecule has 0 heterocycles. The monoisotopic (exact) mass is 386 g/mol. The van der Waals surface area contributed by atoms with E-state index in [2.05, 4.69) is 10.9 Å². The first-order chi connectivity index (χ1) is 13.4. The number of ether oxygens (including phenoxy) is 3. The molecule has 0 spiro atoms. The van der Waals surface area contributed by atoms with Crippen LogP contribution in [0.15, 0.2) is 36.4 Å². The summed E-state index contributed by atoms with van der Waals surface area (Å²) < 4.78 is 16.4. The summed E-state index contributed by atoms with van der Waals surface area (Å²) >= 11 is 0. The Labute approximate surface area is 165 Å². The van der Waals surface area contributed by atoms with E-state index in [-0.39, 0.29) is 0 Å². The number of carbonyl (C=O) groups is 2. The van der Waals surface area contributed by atoms with Crippen molar-refractivity contribution >= 4 is 11.8 Å². The third kappa shape index (κ3) is 5.16. The highest BCUT2D eigenvalue weighted by molar-refractivity contribution is 5.96. The molecule has 0 bridgehead atoms. The zero-order chi connectivity index (χ0) is 20.7. The van der Waals surface area contributed by atoms with E-state index in [9.17, 15) is 9.59 Å². The van der Waals surface area contributed by atoms with Crippen molar-refractivity contribution < 1.29 is 23.8 Å². The van der Waals surface area contributed by atoms with Crippen LogP contribution in [0.1, 0.15) is 35.3 Å². The van der Waals surface area contributed by atoms with Crippen molar-refractivity contribution in [3.05, 3.63) is 53.1 Å². The van der Waals surface area contributed by atoms with Crippen LogP contribution in [0.5, 0.6) is 17.2 Å². The van der Waals surface area contributed by atoms with Gasteiger partial charge in [-0.2, -0.15) is 0 Å². The second-order valence-electron chi connectivity index (χ2n) is 6.20. The zero-order valence-electron chi connectivity index (χ0n) is 16.8. The molecule has 1 atom stereocenters. The largest absolute Gasteiger partial charge is 0.493 e. The van der Waals surface area contributed by atoms with Gasteiger partial charge < -0.3 is 14.2 Å². The SMILES string of the molecule is CCOc1cc(C(=O)NNC(=O)C(C)Oc2cccc(C)c2C)ccc1OC. The highest BCUT2D eigenvalue weighted by Crippen LogP contribution is 2.28. The van der Waals surface area contributed by atoms with Crippen LogP contribution >= 0.6 is 0 Å². The summed E-state index contributed by atoms with van der Waals surface area (Å²) in [5, 5.41) is 0. The van der Waals surface area contributed by atoms with Gasteiger partial charge in [-0.05, 0) is 63.1 Å². The zero-order valence-corrected chi connectivity index (χ0v) is 16.8. The van der Waals surface area contributed by atoms with Crippen molar-refractivity contribution in [3.63, 3.8) is 0 Å². The lowest BCUT2D eigenvalue weighted by Crippen LogP contribution is -2.47. The number of methoxy groups -OCH3 is 1. The number of hydrogen-bond acceptors (Lipinski definition) is 5. The molecular weight excluding hydrogens is 360 g/mol. The lowest BCUT2D eigenvalue weighted by Gasteiger charge is -2.17. The minimum atomic E-state index is -0.782. The van der Waals surface area contributed by atoms with Gasteiger partial charge in [-0.25, -0.2) is 0 Å². The molecule has 7 nitrogen and oxygen atoms in total. The molecule has 2 rings (SSSR count). The number of aryl methyl sites for hydroxylation is 1. The third-order valence-electron chi connectivity index (χ3n) is 4.25. The van der Waals surface area contributed by atoms with E-state index in [0.717, 1.165) is 11.1 Å². The summed E-state index contributed by atoms with van der Waals surface area (Å²) in [6, 6.07) is 10.4. The fourth-order valence-corrected chi connectivity index (χ4v) is 2.47. The molecule has 0 fully saturated rings. The van der Waals surface area contributed by atoms with Crippen LogP contribution < -0.4 is 25.1 Å². The number of hydrogen-bond donors (Lipinski definition) is 2. The number of hydrazine groups is 1. The van der Waals surface area contributed by atoms with E-state index in [4.69, 9.17) is 14.2 Å². The van der Waals surface area contributed by atoms with Crippen molar-refractivity contribution in [2.24, 2.45) is 0 Å². The Bertz CT molecular complexity index is 851. The molecule has 0 aliphatic carbocycles. The van der Waals surface area contributed by atoms with E-state index in [1.54, 1.807) is 31.2 Å². The van der Waals surface area contributed by atoms with Gasteiger partial charge in [0.15, 0.2) is 17.6 Å². The van der Waals surface area contributed by atoms with E-state index in [1.807, 2.05) is 32.9 Å². The minimum Gasteiger partial charge on any atom is -0.493 e. The number of nitrogens with one attached hydrogen (secondary N) is 2. The third-order valence-corrected chi connectivity index (χ3v) is 4.25. The van der Waals surface area contributed by atoms with Gasteiger partial charge in [0.2, 0.25) is 0 Å². The van der Waals surface area contributed by atoms with Crippen molar-refractivity contribution in [2.75, 3.05) is 13.7 Å². The van der Waals surface area contributed by atoms with Gasteiger partial charge in [0.25, 0.3) is 11.8 Å². The Balaban J connectivity index is 1.97. The lowest BCUT2D eigenvalue weighted by atomic mass is 10.1. The fourth-order valence-electron chi connectivity index (χ4n) is 2.47. The molecule has 0 saturated heterocycles. The smallest absolute Gasteiger partial charge is 0.279 e. The highest BCUT2D eigenvalue weighted by Gasteiger charge is 2.18. The minimum absolute atomic E-state index is 0.327. The first-order valence-corrected chi connectivity index (χ1v) is 9.01. The fraction of sp³-hybridized carbons (Fsp3) is 0.333. The average Bonchev–Trinajstić information content (AvgIpc) is 2.69. The number of amides is 2. The van der Waals surface area contributed by atoms with Gasteiger partial charge in [0, 0.05) is 5.56 Å². The number of benzene rings is 2. The average molecular weight is 386 g/mol. The molecule has 0 radical (unpaired) electrons.